The summed E-state index contributed by atoms with van der Waals surface area (Å²) in [6, 6.07) is 4.90. The third-order valence-electron chi connectivity index (χ3n) is 1.90. The number of amides is 1. The second kappa shape index (κ2) is 6.09. The first-order valence-electron chi connectivity index (χ1n) is 5.75. The number of benzene rings is 1. The van der Waals surface area contributed by atoms with Crippen LogP contribution < -0.4 is 5.32 Å². The fourth-order valence-corrected chi connectivity index (χ4v) is 2.01. The van der Waals surface area contributed by atoms with E-state index in [0.29, 0.717) is 4.90 Å². The van der Waals surface area contributed by atoms with E-state index in [2.05, 4.69) is 5.32 Å². The zero-order chi connectivity index (χ0) is 13.8. The van der Waals surface area contributed by atoms with Crippen LogP contribution in [0.5, 0.6) is 0 Å². The van der Waals surface area contributed by atoms with Crippen LogP contribution in [0.1, 0.15) is 27.7 Å². The first kappa shape index (κ1) is 14.8. The normalized spacial score (nSPS) is 11.2. The van der Waals surface area contributed by atoms with Crippen molar-refractivity contribution in [3.63, 3.8) is 0 Å². The van der Waals surface area contributed by atoms with E-state index in [1.54, 1.807) is 32.9 Å². The third-order valence-corrected chi connectivity index (χ3v) is 2.81. The highest BCUT2D eigenvalue weighted by molar-refractivity contribution is 7.99. The number of hydrogen-bond donors (Lipinski definition) is 1. The highest BCUT2D eigenvalue weighted by Gasteiger charge is 2.18. The second-order valence-electron chi connectivity index (χ2n) is 4.68. The number of anilines is 1. The van der Waals surface area contributed by atoms with E-state index >= 15 is 0 Å². The maximum atomic E-state index is 14.0. The van der Waals surface area contributed by atoms with Crippen LogP contribution >= 0.6 is 11.8 Å². The first-order valence-corrected chi connectivity index (χ1v) is 6.73. The average Bonchev–Trinajstić information content (AvgIpc) is 2.21. The lowest BCUT2D eigenvalue weighted by Crippen LogP contribution is -2.27. The van der Waals surface area contributed by atoms with Crippen LogP contribution in [0.25, 0.3) is 0 Å². The molecule has 0 saturated heterocycles. The number of ether oxygens (including phenoxy) is 1. The molecule has 0 aliphatic rings. The summed E-state index contributed by atoms with van der Waals surface area (Å²) in [5.41, 5.74) is -0.459. The van der Waals surface area contributed by atoms with Gasteiger partial charge in [-0.25, -0.2) is 9.18 Å². The molecule has 0 aliphatic carbocycles. The molecule has 0 bridgehead atoms. The molecule has 18 heavy (non-hydrogen) atoms. The highest BCUT2D eigenvalue weighted by atomic mass is 32.2. The molecule has 0 heterocycles. The minimum Gasteiger partial charge on any atom is -0.444 e. The van der Waals surface area contributed by atoms with Crippen LogP contribution in [0.2, 0.25) is 0 Å². The summed E-state index contributed by atoms with van der Waals surface area (Å²) in [5.74, 6) is 0.350. The van der Waals surface area contributed by atoms with Gasteiger partial charge in [0.05, 0.1) is 5.69 Å². The topological polar surface area (TPSA) is 38.3 Å². The van der Waals surface area contributed by atoms with Crippen LogP contribution in [-0.4, -0.2) is 17.4 Å². The van der Waals surface area contributed by atoms with Crippen molar-refractivity contribution in [2.75, 3.05) is 11.1 Å². The van der Waals surface area contributed by atoms with Crippen LogP contribution in [0.15, 0.2) is 23.1 Å². The van der Waals surface area contributed by atoms with E-state index in [9.17, 15) is 9.18 Å². The van der Waals surface area contributed by atoms with Crippen molar-refractivity contribution >= 4 is 23.5 Å². The number of carbonyl (C=O) groups excluding carboxylic acids is 1. The Morgan fingerprint density at radius 2 is 2.11 bits per heavy atom. The van der Waals surface area contributed by atoms with E-state index < -0.39 is 17.5 Å². The molecule has 0 saturated carbocycles. The number of halogens is 1. The summed E-state index contributed by atoms with van der Waals surface area (Å²) in [6.07, 6.45) is -0.653. The molecule has 0 aliphatic heterocycles. The molecular formula is C13H18FNO2S. The molecule has 5 heteroatoms. The Bertz CT molecular complexity index is 429. The fraction of sp³-hybridized carbons (Fsp3) is 0.462. The molecule has 0 spiro atoms. The van der Waals surface area contributed by atoms with Crippen molar-refractivity contribution in [2.24, 2.45) is 0 Å². The predicted molar refractivity (Wildman–Crippen MR) is 72.7 cm³/mol. The quantitative estimate of drug-likeness (QED) is 0.834. The van der Waals surface area contributed by atoms with Crippen molar-refractivity contribution in [3.05, 3.63) is 24.0 Å². The predicted octanol–water partition coefficient (Wildman–Crippen LogP) is 4.28. The number of rotatable bonds is 3. The third kappa shape index (κ3) is 4.56. The summed E-state index contributed by atoms with van der Waals surface area (Å²) in [4.78, 5) is 12.1. The van der Waals surface area contributed by atoms with Gasteiger partial charge in [-0.15, -0.1) is 11.8 Å². The highest BCUT2D eigenvalue weighted by Crippen LogP contribution is 2.27. The van der Waals surface area contributed by atoms with E-state index in [4.69, 9.17) is 4.74 Å². The Labute approximate surface area is 111 Å². The summed E-state index contributed by atoms with van der Waals surface area (Å²) >= 11 is 1.39. The fourth-order valence-electron chi connectivity index (χ4n) is 1.29. The zero-order valence-corrected chi connectivity index (χ0v) is 11.9. The van der Waals surface area contributed by atoms with Crippen molar-refractivity contribution in [3.8, 4) is 0 Å². The molecule has 0 unspecified atom stereocenters. The van der Waals surface area contributed by atoms with E-state index in [1.165, 1.54) is 17.8 Å². The van der Waals surface area contributed by atoms with Crippen LogP contribution in [-0.2, 0) is 4.74 Å². The van der Waals surface area contributed by atoms with Gasteiger partial charge in [0.25, 0.3) is 0 Å². The lowest BCUT2D eigenvalue weighted by atomic mass is 10.2. The largest absolute Gasteiger partial charge is 0.444 e. The maximum absolute atomic E-state index is 14.0. The smallest absolute Gasteiger partial charge is 0.412 e. The van der Waals surface area contributed by atoms with E-state index in [1.807, 2.05) is 6.92 Å². The summed E-state index contributed by atoms with van der Waals surface area (Å²) in [6.45, 7) is 7.21. The molecule has 0 radical (unpaired) electrons. The summed E-state index contributed by atoms with van der Waals surface area (Å²) < 4.78 is 19.0. The van der Waals surface area contributed by atoms with Gasteiger partial charge in [0.15, 0.2) is 5.82 Å². The molecule has 0 atom stereocenters. The molecule has 1 rings (SSSR count). The second-order valence-corrected chi connectivity index (χ2v) is 5.98. The number of hydrogen-bond acceptors (Lipinski definition) is 3. The van der Waals surface area contributed by atoms with Gasteiger partial charge in [0.1, 0.15) is 5.60 Å². The summed E-state index contributed by atoms with van der Waals surface area (Å²) in [5, 5.41) is 2.42. The number of carbonyl (C=O) groups is 1. The summed E-state index contributed by atoms with van der Waals surface area (Å²) in [7, 11) is 0. The molecule has 1 aromatic carbocycles. The van der Waals surface area contributed by atoms with E-state index in [-0.39, 0.29) is 5.69 Å². The lowest BCUT2D eigenvalue weighted by Gasteiger charge is -2.20. The van der Waals surface area contributed by atoms with Crippen molar-refractivity contribution in [1.82, 2.24) is 0 Å². The Balaban J connectivity index is 2.79. The van der Waals surface area contributed by atoms with Crippen molar-refractivity contribution < 1.29 is 13.9 Å². The Morgan fingerprint density at radius 1 is 1.44 bits per heavy atom. The van der Waals surface area contributed by atoms with Gasteiger partial charge in [0, 0.05) is 4.90 Å². The SMILES string of the molecule is CCSc1cccc(NC(=O)OC(C)(C)C)c1F. The van der Waals surface area contributed by atoms with Gasteiger partial charge in [0.2, 0.25) is 0 Å². The van der Waals surface area contributed by atoms with Gasteiger partial charge in [-0.1, -0.05) is 13.0 Å². The van der Waals surface area contributed by atoms with Crippen LogP contribution in [0.3, 0.4) is 0 Å². The van der Waals surface area contributed by atoms with Crippen LogP contribution in [0.4, 0.5) is 14.9 Å². The first-order chi connectivity index (χ1) is 8.33. The molecule has 0 fully saturated rings. The van der Waals surface area contributed by atoms with Crippen molar-refractivity contribution in [2.45, 2.75) is 38.2 Å². The Morgan fingerprint density at radius 3 is 2.67 bits per heavy atom. The molecule has 1 amide bonds. The van der Waals surface area contributed by atoms with Gasteiger partial charge in [-0.2, -0.15) is 0 Å². The molecular weight excluding hydrogens is 253 g/mol. The Hall–Kier alpha value is -1.23. The molecule has 0 aromatic heterocycles. The van der Waals surface area contributed by atoms with Gasteiger partial charge in [-0.3, -0.25) is 5.32 Å². The number of nitrogens with one attached hydrogen (secondary N) is 1. The minimum atomic E-state index is -0.653. The van der Waals surface area contributed by atoms with Crippen LogP contribution in [0, 0.1) is 5.82 Å². The molecule has 100 valence electrons. The molecule has 1 N–H and O–H groups in total. The standard InChI is InChI=1S/C13H18FNO2S/c1-5-18-10-8-6-7-9(11(10)14)15-12(16)17-13(2,3)4/h6-8H,5H2,1-4H3,(H,15,16). The molecule has 1 aromatic rings. The van der Waals surface area contributed by atoms with Gasteiger partial charge in [-0.05, 0) is 38.7 Å². The van der Waals surface area contributed by atoms with Gasteiger partial charge < -0.3 is 4.74 Å². The number of thioether (sulfide) groups is 1. The zero-order valence-electron chi connectivity index (χ0n) is 11.0. The van der Waals surface area contributed by atoms with Gasteiger partial charge >= 0.3 is 6.09 Å². The lowest BCUT2D eigenvalue weighted by molar-refractivity contribution is 0.0635. The monoisotopic (exact) mass is 271 g/mol. The molecule has 3 nitrogen and oxygen atoms in total. The van der Waals surface area contributed by atoms with E-state index in [0.717, 1.165) is 5.75 Å². The average molecular weight is 271 g/mol. The van der Waals surface area contributed by atoms with Crippen molar-refractivity contribution in [1.29, 1.82) is 0 Å². The Kier molecular flexibility index (Phi) is 5.02. The minimum absolute atomic E-state index is 0.141. The maximum Gasteiger partial charge on any atom is 0.412 e.